The third-order valence-electron chi connectivity index (χ3n) is 3.36. The van der Waals surface area contributed by atoms with Gasteiger partial charge in [0.2, 0.25) is 0 Å². The van der Waals surface area contributed by atoms with Crippen molar-refractivity contribution in [1.29, 1.82) is 0 Å². The van der Waals surface area contributed by atoms with Gasteiger partial charge in [0.05, 0.1) is 19.8 Å². The average Bonchev–Trinajstić information content (AvgIpc) is 2.90. The van der Waals surface area contributed by atoms with Crippen molar-refractivity contribution in [3.8, 4) is 22.8 Å². The van der Waals surface area contributed by atoms with Gasteiger partial charge in [0.15, 0.2) is 17.8 Å². The lowest BCUT2D eigenvalue weighted by molar-refractivity contribution is 0.112. The summed E-state index contributed by atoms with van der Waals surface area (Å²) in [4.78, 5) is 11.3. The maximum absolute atomic E-state index is 11.3. The molecule has 0 aliphatic carbocycles. The van der Waals surface area contributed by atoms with E-state index in [1.165, 1.54) is 0 Å². The molecular formula is C16H20N2O3. The fourth-order valence-electron chi connectivity index (χ4n) is 2.31. The van der Waals surface area contributed by atoms with Crippen LogP contribution in [0.15, 0.2) is 18.3 Å². The van der Waals surface area contributed by atoms with Gasteiger partial charge in [-0.25, -0.2) is 0 Å². The number of carbonyl (C=O) groups is 1. The quantitative estimate of drug-likeness (QED) is 0.766. The molecule has 2 aromatic rings. The van der Waals surface area contributed by atoms with E-state index in [4.69, 9.17) is 9.47 Å². The number of ether oxygens (including phenoxy) is 2. The normalized spacial score (nSPS) is 10.5. The second kappa shape index (κ2) is 6.43. The number of hydrogen-bond acceptors (Lipinski definition) is 4. The number of aromatic nitrogens is 2. The Hall–Kier alpha value is -2.30. The summed E-state index contributed by atoms with van der Waals surface area (Å²) in [6.45, 7) is 4.82. The molecule has 0 N–H and O–H groups in total. The Kier molecular flexibility index (Phi) is 4.62. The molecule has 0 radical (unpaired) electrons. The van der Waals surface area contributed by atoms with Gasteiger partial charge in [-0.15, -0.1) is 0 Å². The number of nitrogens with zero attached hydrogens (tertiary/aromatic N) is 2. The lowest BCUT2D eigenvalue weighted by Gasteiger charge is -2.11. The summed E-state index contributed by atoms with van der Waals surface area (Å²) in [6.07, 6.45) is 3.58. The van der Waals surface area contributed by atoms with Crippen LogP contribution < -0.4 is 9.47 Å². The van der Waals surface area contributed by atoms with Crippen molar-refractivity contribution in [2.45, 2.75) is 26.8 Å². The van der Waals surface area contributed by atoms with Crippen molar-refractivity contribution in [3.63, 3.8) is 0 Å². The predicted molar refractivity (Wildman–Crippen MR) is 81.2 cm³/mol. The van der Waals surface area contributed by atoms with Crippen LogP contribution in [0.2, 0.25) is 0 Å². The van der Waals surface area contributed by atoms with E-state index in [9.17, 15) is 4.79 Å². The van der Waals surface area contributed by atoms with Gasteiger partial charge in [-0.05, 0) is 31.0 Å². The summed E-state index contributed by atoms with van der Waals surface area (Å²) < 4.78 is 12.4. The highest BCUT2D eigenvalue weighted by atomic mass is 16.5. The molecule has 2 rings (SSSR count). The number of aryl methyl sites for hydroxylation is 2. The lowest BCUT2D eigenvalue weighted by atomic mass is 10.0. The molecule has 1 heterocycles. The Bertz CT molecular complexity index is 647. The molecule has 0 saturated carbocycles. The molecule has 0 bridgehead atoms. The molecule has 0 aliphatic rings. The van der Waals surface area contributed by atoms with Crippen LogP contribution in [0.4, 0.5) is 0 Å². The molecule has 5 heteroatoms. The number of aldehydes is 1. The van der Waals surface area contributed by atoms with E-state index in [1.807, 2.05) is 19.1 Å². The zero-order valence-electron chi connectivity index (χ0n) is 12.8. The first-order valence-electron chi connectivity index (χ1n) is 6.90. The number of methoxy groups -OCH3 is 2. The van der Waals surface area contributed by atoms with Crippen LogP contribution in [0.1, 0.15) is 29.3 Å². The van der Waals surface area contributed by atoms with Gasteiger partial charge in [0, 0.05) is 18.3 Å². The fraction of sp³-hybridized carbons (Fsp3) is 0.375. The van der Waals surface area contributed by atoms with Crippen LogP contribution in [-0.4, -0.2) is 30.3 Å². The van der Waals surface area contributed by atoms with Crippen LogP contribution >= 0.6 is 0 Å². The van der Waals surface area contributed by atoms with E-state index in [-0.39, 0.29) is 0 Å². The number of hydrogen-bond donors (Lipinski definition) is 0. The molecule has 0 aliphatic heterocycles. The van der Waals surface area contributed by atoms with E-state index in [2.05, 4.69) is 12.0 Å². The summed E-state index contributed by atoms with van der Waals surface area (Å²) >= 11 is 0. The summed E-state index contributed by atoms with van der Waals surface area (Å²) in [5.74, 6) is 1.29. The molecule has 0 unspecified atom stereocenters. The maximum Gasteiger partial charge on any atom is 0.161 e. The first-order valence-corrected chi connectivity index (χ1v) is 6.90. The number of rotatable bonds is 6. The number of benzene rings is 1. The van der Waals surface area contributed by atoms with Crippen molar-refractivity contribution < 1.29 is 14.3 Å². The van der Waals surface area contributed by atoms with Gasteiger partial charge >= 0.3 is 0 Å². The zero-order valence-corrected chi connectivity index (χ0v) is 12.8. The molecule has 21 heavy (non-hydrogen) atoms. The second-order valence-corrected chi connectivity index (χ2v) is 4.84. The summed E-state index contributed by atoms with van der Waals surface area (Å²) in [6, 6.07) is 3.75. The molecule has 1 aromatic heterocycles. The predicted octanol–water partition coefficient (Wildman–Crippen LogP) is 3.10. The average molecular weight is 288 g/mol. The molecule has 0 atom stereocenters. The molecule has 0 saturated heterocycles. The number of carbonyl (C=O) groups excluding carboxylic acids is 1. The minimum absolute atomic E-state index is 0.582. The molecular weight excluding hydrogens is 268 g/mol. The highest BCUT2D eigenvalue weighted by Gasteiger charge is 2.16. The van der Waals surface area contributed by atoms with Crippen molar-refractivity contribution in [3.05, 3.63) is 29.5 Å². The fourth-order valence-corrected chi connectivity index (χ4v) is 2.31. The Balaban J connectivity index is 2.57. The Morgan fingerprint density at radius 3 is 2.48 bits per heavy atom. The van der Waals surface area contributed by atoms with Gasteiger partial charge in [-0.1, -0.05) is 6.92 Å². The van der Waals surface area contributed by atoms with Crippen LogP contribution in [0.3, 0.4) is 0 Å². The Morgan fingerprint density at radius 1 is 1.24 bits per heavy atom. The molecule has 0 amide bonds. The minimum atomic E-state index is 0.582. The minimum Gasteiger partial charge on any atom is -0.493 e. The van der Waals surface area contributed by atoms with E-state index >= 15 is 0 Å². The molecule has 1 aromatic carbocycles. The summed E-state index contributed by atoms with van der Waals surface area (Å²) in [5, 5.41) is 4.52. The van der Waals surface area contributed by atoms with Gasteiger partial charge in [-0.2, -0.15) is 5.10 Å². The molecule has 112 valence electrons. The summed E-state index contributed by atoms with van der Waals surface area (Å²) in [7, 11) is 3.19. The van der Waals surface area contributed by atoms with Gasteiger partial charge in [0.25, 0.3) is 0 Å². The van der Waals surface area contributed by atoms with Crippen LogP contribution in [-0.2, 0) is 6.54 Å². The van der Waals surface area contributed by atoms with Crippen molar-refractivity contribution in [2.24, 2.45) is 0 Å². The van der Waals surface area contributed by atoms with Gasteiger partial charge in [-0.3, -0.25) is 9.48 Å². The van der Waals surface area contributed by atoms with Crippen LogP contribution in [0.25, 0.3) is 11.3 Å². The Morgan fingerprint density at radius 2 is 1.90 bits per heavy atom. The first kappa shape index (κ1) is 15.1. The van der Waals surface area contributed by atoms with Gasteiger partial charge in [0.1, 0.15) is 5.69 Å². The van der Waals surface area contributed by atoms with Crippen LogP contribution in [0.5, 0.6) is 11.5 Å². The second-order valence-electron chi connectivity index (χ2n) is 4.84. The summed E-state index contributed by atoms with van der Waals surface area (Å²) in [5.41, 5.74) is 3.12. The van der Waals surface area contributed by atoms with Gasteiger partial charge < -0.3 is 9.47 Å². The molecule has 0 spiro atoms. The monoisotopic (exact) mass is 288 g/mol. The van der Waals surface area contributed by atoms with E-state index < -0.39 is 0 Å². The third kappa shape index (κ3) is 2.91. The highest BCUT2D eigenvalue weighted by Crippen LogP contribution is 2.35. The largest absolute Gasteiger partial charge is 0.493 e. The standard InChI is InChI=1S/C16H20N2O3/c1-5-6-18-9-12(10-19)16(17-18)13-8-15(21-4)14(20-3)7-11(13)2/h7-10H,5-6H2,1-4H3. The van der Waals surface area contributed by atoms with Crippen molar-refractivity contribution in [2.75, 3.05) is 14.2 Å². The van der Waals surface area contributed by atoms with E-state index in [0.29, 0.717) is 22.8 Å². The van der Waals surface area contributed by atoms with Crippen molar-refractivity contribution >= 4 is 6.29 Å². The third-order valence-corrected chi connectivity index (χ3v) is 3.36. The molecule has 0 fully saturated rings. The first-order chi connectivity index (χ1) is 10.1. The van der Waals surface area contributed by atoms with E-state index in [0.717, 1.165) is 30.4 Å². The smallest absolute Gasteiger partial charge is 0.161 e. The molecule has 5 nitrogen and oxygen atoms in total. The topological polar surface area (TPSA) is 53.4 Å². The van der Waals surface area contributed by atoms with E-state index in [1.54, 1.807) is 25.1 Å². The highest BCUT2D eigenvalue weighted by molar-refractivity contribution is 5.86. The Labute approximate surface area is 124 Å². The maximum atomic E-state index is 11.3. The van der Waals surface area contributed by atoms with Crippen LogP contribution in [0, 0.1) is 6.92 Å². The SMILES string of the molecule is CCCn1cc(C=O)c(-c2cc(OC)c(OC)cc2C)n1. The lowest BCUT2D eigenvalue weighted by Crippen LogP contribution is -1.98. The van der Waals surface area contributed by atoms with Crippen molar-refractivity contribution in [1.82, 2.24) is 9.78 Å². The zero-order chi connectivity index (χ0) is 15.4.